The van der Waals surface area contributed by atoms with Gasteiger partial charge in [-0.2, -0.15) is 13.2 Å². The number of rotatable bonds is 4. The fourth-order valence-corrected chi connectivity index (χ4v) is 2.99. The van der Waals surface area contributed by atoms with E-state index in [4.69, 9.17) is 23.2 Å². The minimum Gasteiger partial charge on any atom is -0.377 e. The molecular weight excluding hydrogens is 434 g/mol. The number of pyridine rings is 1. The number of benzene rings is 1. The molecule has 0 aliphatic carbocycles. The van der Waals surface area contributed by atoms with Gasteiger partial charge in [-0.3, -0.25) is 14.7 Å². The number of nitrogens with zero attached hydrogens (tertiary/aromatic N) is 2. The topological polar surface area (TPSA) is 71.5 Å². The van der Waals surface area contributed by atoms with E-state index in [2.05, 4.69) is 19.9 Å². The van der Waals surface area contributed by atoms with Crippen molar-refractivity contribution in [2.45, 2.75) is 26.2 Å². The summed E-state index contributed by atoms with van der Waals surface area (Å²) in [7, 11) is 3.53. The van der Waals surface area contributed by atoms with Crippen LogP contribution in [0.3, 0.4) is 0 Å². The van der Waals surface area contributed by atoms with E-state index in [9.17, 15) is 22.8 Å². The molecule has 0 unspecified atom stereocenters. The summed E-state index contributed by atoms with van der Waals surface area (Å²) in [5.41, 5.74) is 3.57. The quantitative estimate of drug-likeness (QED) is 0.692. The van der Waals surface area contributed by atoms with E-state index in [1.807, 2.05) is 19.3 Å². The first-order chi connectivity index (χ1) is 13.5. The van der Waals surface area contributed by atoms with Gasteiger partial charge in [0.2, 0.25) is 6.41 Å². The van der Waals surface area contributed by atoms with Crippen molar-refractivity contribution in [3.05, 3.63) is 33.4 Å². The number of ether oxygens (including phenoxy) is 1. The van der Waals surface area contributed by atoms with Crippen molar-refractivity contribution in [3.8, 4) is 0 Å². The number of fused-ring (bicyclic) bond motifs is 3. The first kappa shape index (κ1) is 25.1. The van der Waals surface area contributed by atoms with Crippen LogP contribution in [0.25, 0.3) is 10.9 Å². The van der Waals surface area contributed by atoms with Gasteiger partial charge in [0.25, 0.3) is 0 Å². The van der Waals surface area contributed by atoms with Gasteiger partial charge in [0.1, 0.15) is 12.9 Å². The molecule has 11 heteroatoms. The third-order valence-corrected chi connectivity index (χ3v) is 4.42. The molecule has 2 heterocycles. The summed E-state index contributed by atoms with van der Waals surface area (Å²) in [6.07, 6.45) is -0.859. The van der Waals surface area contributed by atoms with E-state index >= 15 is 0 Å². The Bertz CT molecular complexity index is 858. The molecule has 1 amide bonds. The normalized spacial score (nSPS) is 13.0. The van der Waals surface area contributed by atoms with Crippen LogP contribution in [0.15, 0.2) is 12.3 Å². The molecule has 1 N–H and O–H groups in total. The molecule has 0 fully saturated rings. The van der Waals surface area contributed by atoms with E-state index in [-0.39, 0.29) is 13.5 Å². The molecule has 6 nitrogen and oxygen atoms in total. The monoisotopic (exact) mass is 453 g/mol. The summed E-state index contributed by atoms with van der Waals surface area (Å²) in [5, 5.41) is 4.21. The number of aldehydes is 1. The number of aromatic nitrogens is 1. The van der Waals surface area contributed by atoms with Crippen molar-refractivity contribution >= 4 is 52.5 Å². The Kier molecular flexibility index (Phi) is 9.78. The smallest absolute Gasteiger partial charge is 0.377 e. The van der Waals surface area contributed by atoms with Crippen LogP contribution in [-0.4, -0.2) is 49.5 Å². The van der Waals surface area contributed by atoms with Gasteiger partial charge in [-0.15, -0.1) is 0 Å². The first-order valence-electron chi connectivity index (χ1n) is 8.19. The second-order valence-electron chi connectivity index (χ2n) is 6.05. The number of carbonyl (C=O) groups is 2. The maximum absolute atomic E-state index is 10.6. The number of hydrogen-bond acceptors (Lipinski definition) is 5. The Labute approximate surface area is 175 Å². The molecule has 0 atom stereocenters. The van der Waals surface area contributed by atoms with Crippen LogP contribution in [0.4, 0.5) is 18.9 Å². The molecule has 160 valence electrons. The maximum Gasteiger partial charge on any atom is 0.386 e. The molecule has 0 saturated heterocycles. The number of hydrogen-bond donors (Lipinski definition) is 1. The Hall–Kier alpha value is -1.94. The van der Waals surface area contributed by atoms with Gasteiger partial charge in [-0.25, -0.2) is 0 Å². The Morgan fingerprint density at radius 2 is 1.90 bits per heavy atom. The summed E-state index contributed by atoms with van der Waals surface area (Å²) in [6, 6.07) is 1.84. The molecule has 0 saturated carbocycles. The van der Waals surface area contributed by atoms with Crippen molar-refractivity contribution in [3.63, 3.8) is 0 Å². The zero-order chi connectivity index (χ0) is 22.2. The van der Waals surface area contributed by atoms with Crippen LogP contribution >= 0.6 is 23.2 Å². The SMILES string of the molecule is CC(F)(F)F.CN1Cc2cnc3c(Cl)c(Cl)c(NC=O)cc3c2C1.COCC=O. The van der Waals surface area contributed by atoms with E-state index in [1.165, 1.54) is 18.2 Å². The molecule has 3 rings (SSSR count). The fraction of sp³-hybridized carbons (Fsp3) is 0.389. The van der Waals surface area contributed by atoms with E-state index in [0.29, 0.717) is 33.9 Å². The number of methoxy groups -OCH3 is 1. The van der Waals surface area contributed by atoms with Crippen LogP contribution in [0, 0.1) is 0 Å². The number of nitrogens with one attached hydrogen (secondary N) is 1. The van der Waals surface area contributed by atoms with Crippen LogP contribution in [0.2, 0.25) is 10.0 Å². The van der Waals surface area contributed by atoms with Crippen molar-refractivity contribution in [1.82, 2.24) is 9.88 Å². The highest BCUT2D eigenvalue weighted by Crippen LogP contribution is 2.39. The van der Waals surface area contributed by atoms with Crippen molar-refractivity contribution in [2.75, 3.05) is 26.1 Å². The van der Waals surface area contributed by atoms with E-state index in [0.717, 1.165) is 18.5 Å². The Morgan fingerprint density at radius 3 is 2.38 bits per heavy atom. The molecule has 1 aliphatic rings. The molecular formula is C18H20Cl2F3N3O3. The highest BCUT2D eigenvalue weighted by atomic mass is 35.5. The number of amides is 1. The maximum atomic E-state index is 10.6. The third-order valence-electron chi connectivity index (χ3n) is 3.56. The molecule has 29 heavy (non-hydrogen) atoms. The number of halogens is 5. The lowest BCUT2D eigenvalue weighted by Crippen LogP contribution is -2.07. The van der Waals surface area contributed by atoms with E-state index < -0.39 is 6.18 Å². The number of carbonyl (C=O) groups excluding carboxylic acids is 2. The molecule has 0 bridgehead atoms. The highest BCUT2D eigenvalue weighted by Gasteiger charge is 2.21. The van der Waals surface area contributed by atoms with Crippen molar-refractivity contribution in [1.29, 1.82) is 0 Å². The zero-order valence-electron chi connectivity index (χ0n) is 15.9. The lowest BCUT2D eigenvalue weighted by atomic mass is 10.1. The average molecular weight is 454 g/mol. The van der Waals surface area contributed by atoms with Crippen molar-refractivity contribution in [2.24, 2.45) is 0 Å². The van der Waals surface area contributed by atoms with Crippen LogP contribution in [-0.2, 0) is 27.4 Å². The summed E-state index contributed by atoms with van der Waals surface area (Å²) in [6.45, 7) is 2.11. The zero-order valence-corrected chi connectivity index (χ0v) is 17.5. The lowest BCUT2D eigenvalue weighted by molar-refractivity contribution is -0.111. The van der Waals surface area contributed by atoms with Gasteiger partial charge in [-0.1, -0.05) is 23.2 Å². The molecule has 0 radical (unpaired) electrons. The molecule has 1 aromatic carbocycles. The summed E-state index contributed by atoms with van der Waals surface area (Å²) in [5.74, 6) is 0. The van der Waals surface area contributed by atoms with E-state index in [1.54, 1.807) is 0 Å². The van der Waals surface area contributed by atoms with Crippen LogP contribution in [0.1, 0.15) is 18.1 Å². The minimum atomic E-state index is -4.00. The highest BCUT2D eigenvalue weighted by molar-refractivity contribution is 6.47. The molecule has 1 aliphatic heterocycles. The first-order valence-corrected chi connectivity index (χ1v) is 8.95. The predicted octanol–water partition coefficient (Wildman–Crippen LogP) is 4.46. The standard InChI is InChI=1S/C13H11Cl2N3O.C3H6O2.C2H3F3/c1-18-4-7-3-16-13-8(9(7)5-18)2-10(17-6-19)11(14)12(13)15;1-5-3-2-4;1-2(3,4)5/h2-3,6H,4-5H2,1H3,(H,17,19);2H,3H2,1H3;1H3. The van der Waals surface area contributed by atoms with Crippen LogP contribution < -0.4 is 5.32 Å². The predicted molar refractivity (Wildman–Crippen MR) is 106 cm³/mol. The molecule has 1 aromatic heterocycles. The number of anilines is 1. The molecule has 2 aromatic rings. The summed E-state index contributed by atoms with van der Waals surface area (Å²) < 4.78 is 35.4. The summed E-state index contributed by atoms with van der Waals surface area (Å²) in [4.78, 5) is 26.5. The van der Waals surface area contributed by atoms with Gasteiger partial charge in [0, 0.05) is 38.7 Å². The Morgan fingerprint density at radius 1 is 1.28 bits per heavy atom. The van der Waals surface area contributed by atoms with Gasteiger partial charge < -0.3 is 14.8 Å². The summed E-state index contributed by atoms with van der Waals surface area (Å²) >= 11 is 12.4. The van der Waals surface area contributed by atoms with Gasteiger partial charge in [-0.05, 0) is 24.2 Å². The van der Waals surface area contributed by atoms with Crippen molar-refractivity contribution < 1.29 is 27.5 Å². The Balaban J connectivity index is 0.000000353. The van der Waals surface area contributed by atoms with Gasteiger partial charge in [0.15, 0.2) is 0 Å². The lowest BCUT2D eigenvalue weighted by Gasteiger charge is -2.11. The fourth-order valence-electron chi connectivity index (χ4n) is 2.54. The third kappa shape index (κ3) is 7.77. The van der Waals surface area contributed by atoms with Crippen LogP contribution in [0.5, 0.6) is 0 Å². The van der Waals surface area contributed by atoms with Gasteiger partial charge >= 0.3 is 6.18 Å². The van der Waals surface area contributed by atoms with Gasteiger partial charge in [0.05, 0.1) is 21.2 Å². The largest absolute Gasteiger partial charge is 0.386 e. The number of alkyl halides is 3. The average Bonchev–Trinajstić information content (AvgIpc) is 3.00. The minimum absolute atomic E-state index is 0.188. The molecule has 0 spiro atoms. The second-order valence-corrected chi connectivity index (χ2v) is 6.80. The second kappa shape index (κ2) is 11.3.